The largest absolute Gasteiger partial charge is 0.435 e. The van der Waals surface area contributed by atoms with Gasteiger partial charge in [-0.3, -0.25) is 4.55 Å². The monoisotopic (exact) mass is 489 g/mol. The molecule has 0 amide bonds. The number of anilines is 1. The maximum absolute atomic E-state index is 13.0. The predicted molar refractivity (Wildman–Crippen MR) is 110 cm³/mol. The summed E-state index contributed by atoms with van der Waals surface area (Å²) in [5.74, 6) is -0.191. The van der Waals surface area contributed by atoms with Crippen molar-refractivity contribution in [2.24, 2.45) is 0 Å². The Labute approximate surface area is 183 Å². The number of rotatable bonds is 6. The average molecular weight is 490 g/mol. The molecule has 0 radical (unpaired) electrons. The van der Waals surface area contributed by atoms with Crippen molar-refractivity contribution in [1.82, 2.24) is 19.6 Å². The summed E-state index contributed by atoms with van der Waals surface area (Å²) >= 11 is -2.42. The zero-order valence-electron chi connectivity index (χ0n) is 16.9. The fourth-order valence-corrected chi connectivity index (χ4v) is 5.07. The second kappa shape index (κ2) is 7.49. The number of fused-ring (bicyclic) bond motifs is 1. The van der Waals surface area contributed by atoms with Crippen LogP contribution in [0.1, 0.15) is 32.4 Å². The Balaban J connectivity index is 1.92. The zero-order valence-corrected chi connectivity index (χ0v) is 18.5. The van der Waals surface area contributed by atoms with Crippen molar-refractivity contribution >= 4 is 32.6 Å². The van der Waals surface area contributed by atoms with Crippen LogP contribution in [0.25, 0.3) is 17.0 Å². The van der Waals surface area contributed by atoms with Crippen LogP contribution < -0.4 is 4.31 Å². The highest BCUT2D eigenvalue weighted by molar-refractivity contribution is 7.91. The van der Waals surface area contributed by atoms with Crippen molar-refractivity contribution in [3.63, 3.8) is 0 Å². The smallest absolute Gasteiger partial charge is 0.289 e. The summed E-state index contributed by atoms with van der Waals surface area (Å²) in [6.45, 7) is 3.21. The average Bonchev–Trinajstić information content (AvgIpc) is 3.28. The van der Waals surface area contributed by atoms with E-state index in [1.165, 1.54) is 35.6 Å². The van der Waals surface area contributed by atoms with E-state index in [0.717, 1.165) is 10.6 Å². The summed E-state index contributed by atoms with van der Waals surface area (Å²) in [6, 6.07) is 4.63. The van der Waals surface area contributed by atoms with Crippen LogP contribution in [0.15, 0.2) is 35.4 Å². The Bertz CT molecular complexity index is 1340. The molecular weight excluding hydrogens is 471 g/mol. The van der Waals surface area contributed by atoms with E-state index in [4.69, 9.17) is 0 Å². The molecule has 14 heteroatoms. The van der Waals surface area contributed by atoms with Crippen LogP contribution in [0.5, 0.6) is 0 Å². The Morgan fingerprint density at radius 1 is 1.25 bits per heavy atom. The fraction of sp³-hybridized carbons (Fsp3) is 0.389. The van der Waals surface area contributed by atoms with Crippen molar-refractivity contribution in [3.05, 3.63) is 36.2 Å². The van der Waals surface area contributed by atoms with Crippen LogP contribution in [0.4, 0.5) is 19.0 Å². The third kappa shape index (κ3) is 3.97. The molecule has 3 heterocycles. The normalized spacial score (nSPS) is 16.8. The van der Waals surface area contributed by atoms with Gasteiger partial charge in [-0.2, -0.15) is 18.3 Å². The maximum Gasteiger partial charge on any atom is 0.435 e. The van der Waals surface area contributed by atoms with E-state index >= 15 is 0 Å². The van der Waals surface area contributed by atoms with Crippen LogP contribution in [0.2, 0.25) is 0 Å². The molecule has 1 atom stereocenters. The van der Waals surface area contributed by atoms with Gasteiger partial charge in [-0.25, -0.2) is 31.4 Å². The third-order valence-electron chi connectivity index (χ3n) is 5.24. The van der Waals surface area contributed by atoms with E-state index in [-0.39, 0.29) is 33.5 Å². The topological polar surface area (TPSA) is 118 Å². The molecule has 1 unspecified atom stereocenters. The van der Waals surface area contributed by atoms with Crippen molar-refractivity contribution in [2.45, 2.75) is 43.3 Å². The van der Waals surface area contributed by atoms with Gasteiger partial charge in [-0.1, -0.05) is 6.92 Å². The van der Waals surface area contributed by atoms with Gasteiger partial charge in [-0.15, -0.1) is 0 Å². The first-order valence-electron chi connectivity index (χ1n) is 9.45. The fourth-order valence-electron chi connectivity index (χ4n) is 3.22. The molecule has 0 aromatic carbocycles. The Morgan fingerprint density at radius 2 is 1.94 bits per heavy atom. The van der Waals surface area contributed by atoms with E-state index in [2.05, 4.69) is 15.1 Å². The highest BCUT2D eigenvalue weighted by Gasteiger charge is 2.47. The molecule has 0 aliphatic heterocycles. The second-order valence-electron chi connectivity index (χ2n) is 7.58. The molecule has 1 aliphatic rings. The molecule has 3 aromatic heterocycles. The van der Waals surface area contributed by atoms with Gasteiger partial charge in [0.05, 0.1) is 21.9 Å². The zero-order chi connectivity index (χ0) is 23.5. The number of sulfone groups is 1. The van der Waals surface area contributed by atoms with Crippen LogP contribution in [0.3, 0.4) is 0 Å². The van der Waals surface area contributed by atoms with Gasteiger partial charge in [0.2, 0.25) is 0 Å². The van der Waals surface area contributed by atoms with E-state index in [9.17, 15) is 30.4 Å². The Kier molecular flexibility index (Phi) is 5.29. The molecule has 9 nitrogen and oxygen atoms in total. The van der Waals surface area contributed by atoms with Gasteiger partial charge in [0.1, 0.15) is 11.5 Å². The quantitative estimate of drug-likeness (QED) is 0.529. The minimum atomic E-state index is -4.67. The summed E-state index contributed by atoms with van der Waals surface area (Å²) < 4.78 is 88.2. The van der Waals surface area contributed by atoms with Gasteiger partial charge >= 0.3 is 6.18 Å². The molecular formula is C18H18F3N5O4S2. The highest BCUT2D eigenvalue weighted by Crippen LogP contribution is 2.44. The first kappa shape index (κ1) is 22.6. The number of nitrogens with zero attached hydrogens (tertiary/aromatic N) is 5. The van der Waals surface area contributed by atoms with Crippen molar-refractivity contribution in [2.75, 3.05) is 10.1 Å². The molecule has 1 saturated carbocycles. The maximum atomic E-state index is 13.0. The van der Waals surface area contributed by atoms with E-state index < -0.39 is 38.5 Å². The first-order valence-corrected chi connectivity index (χ1v) is 12.2. The van der Waals surface area contributed by atoms with Gasteiger partial charge in [0, 0.05) is 12.3 Å². The number of hydrogen-bond donors (Lipinski definition) is 1. The molecule has 1 N–H and O–H groups in total. The van der Waals surface area contributed by atoms with E-state index in [0.29, 0.717) is 12.8 Å². The molecule has 32 heavy (non-hydrogen) atoms. The standard InChI is InChI=1S/C18H18F3N5O4S2/c1-3-32(29,30)12-4-5-14(26(31(27)28)17(2)7-8-17)23-16(12)11-6-9-25-15(22-11)10-13(24-25)18(19,20)21/h4-6,9-10H,3,7-8H2,1-2H3,(H,27,28). The molecule has 172 valence electrons. The van der Waals surface area contributed by atoms with Crippen LogP contribution in [0, 0.1) is 0 Å². The summed E-state index contributed by atoms with van der Waals surface area (Å²) in [5.41, 5.74) is -2.04. The molecule has 4 rings (SSSR count). The minimum absolute atomic E-state index is 0.00961. The van der Waals surface area contributed by atoms with Gasteiger partial charge in [0.15, 0.2) is 21.2 Å². The second-order valence-corrected chi connectivity index (χ2v) is 10.7. The third-order valence-corrected chi connectivity index (χ3v) is 7.94. The van der Waals surface area contributed by atoms with Crippen molar-refractivity contribution < 1.29 is 30.4 Å². The number of alkyl halides is 3. The van der Waals surface area contributed by atoms with Crippen LogP contribution in [-0.2, 0) is 27.3 Å². The summed E-state index contributed by atoms with van der Waals surface area (Å²) in [6.07, 6.45) is -2.17. The Hall–Kier alpha value is -2.58. The van der Waals surface area contributed by atoms with Crippen molar-refractivity contribution in [1.29, 1.82) is 0 Å². The van der Waals surface area contributed by atoms with Gasteiger partial charge in [0.25, 0.3) is 11.3 Å². The molecule has 3 aromatic rings. The summed E-state index contributed by atoms with van der Waals surface area (Å²) in [4.78, 5) is 8.27. The van der Waals surface area contributed by atoms with Crippen molar-refractivity contribution in [3.8, 4) is 11.4 Å². The lowest BCUT2D eigenvalue weighted by Gasteiger charge is -2.26. The summed E-state index contributed by atoms with van der Waals surface area (Å²) in [7, 11) is -3.79. The molecule has 1 fully saturated rings. The van der Waals surface area contributed by atoms with Gasteiger partial charge < -0.3 is 0 Å². The van der Waals surface area contributed by atoms with Gasteiger partial charge in [-0.05, 0) is 38.0 Å². The lowest BCUT2D eigenvalue weighted by Crippen LogP contribution is -2.37. The molecule has 0 spiro atoms. The number of halogens is 3. The van der Waals surface area contributed by atoms with E-state index in [1.807, 2.05) is 0 Å². The lowest BCUT2D eigenvalue weighted by molar-refractivity contribution is -0.141. The SMILES string of the molecule is CCS(=O)(=O)c1ccc(N(S(=O)O)C2(C)CC2)nc1-c1ccn2nc(C(F)(F)F)cc2n1. The first-order chi connectivity index (χ1) is 14.9. The molecule has 0 saturated heterocycles. The van der Waals surface area contributed by atoms with E-state index in [1.54, 1.807) is 6.92 Å². The van der Waals surface area contributed by atoms with Crippen LogP contribution >= 0.6 is 0 Å². The predicted octanol–water partition coefficient (Wildman–Crippen LogP) is 3.10. The lowest BCUT2D eigenvalue weighted by atomic mass is 10.2. The molecule has 0 bridgehead atoms. The summed E-state index contributed by atoms with van der Waals surface area (Å²) in [5, 5.41) is 3.42. The minimum Gasteiger partial charge on any atom is -0.289 e. The molecule has 1 aliphatic carbocycles. The van der Waals surface area contributed by atoms with Crippen LogP contribution in [-0.4, -0.2) is 48.1 Å². The Morgan fingerprint density at radius 3 is 2.50 bits per heavy atom. The number of hydrogen-bond acceptors (Lipinski definition) is 6. The number of aromatic nitrogens is 4. The highest BCUT2D eigenvalue weighted by atomic mass is 32.2. The number of pyridine rings is 1.